The monoisotopic (exact) mass is 348 g/mol. The molecular weight excluding hydrogens is 328 g/mol. The van der Waals surface area contributed by atoms with Gasteiger partial charge in [0.2, 0.25) is 11.7 Å². The zero-order valence-electron chi connectivity index (χ0n) is 13.4. The number of carbonyl (C=O) groups is 1. The van der Waals surface area contributed by atoms with Crippen LogP contribution in [0.5, 0.6) is 0 Å². The number of hydrogen-bond donors (Lipinski definition) is 0. The molecule has 2 aromatic heterocycles. The number of nitrogens with zero attached hydrogens (tertiary/aromatic N) is 4. The van der Waals surface area contributed by atoms with E-state index in [0.29, 0.717) is 24.9 Å². The predicted octanol–water partition coefficient (Wildman–Crippen LogP) is 1.62. The molecule has 1 amide bonds. The minimum Gasteiger partial charge on any atom is -0.368 e. The fourth-order valence-electron chi connectivity index (χ4n) is 3.12. The average Bonchev–Trinajstić information content (AvgIpc) is 3.36. The van der Waals surface area contributed by atoms with Crippen LogP contribution >= 0.6 is 11.3 Å². The first-order valence-corrected chi connectivity index (χ1v) is 9.17. The van der Waals surface area contributed by atoms with Crippen LogP contribution in [-0.4, -0.2) is 64.7 Å². The summed E-state index contributed by atoms with van der Waals surface area (Å²) >= 11 is 1.60. The smallest absolute Gasteiger partial charge is 0.251 e. The first-order valence-electron chi connectivity index (χ1n) is 8.29. The van der Waals surface area contributed by atoms with E-state index in [2.05, 4.69) is 15.0 Å². The highest BCUT2D eigenvalue weighted by molar-refractivity contribution is 7.13. The SMILES string of the molecule is O=C([C@H]1CCCO1)N1CCN(Cc2nc(-c3cccs3)no2)CC1. The summed E-state index contributed by atoms with van der Waals surface area (Å²) in [6.07, 6.45) is 1.62. The molecule has 2 aliphatic rings. The summed E-state index contributed by atoms with van der Waals surface area (Å²) < 4.78 is 10.8. The van der Waals surface area contributed by atoms with E-state index in [1.165, 1.54) is 0 Å². The summed E-state index contributed by atoms with van der Waals surface area (Å²) in [7, 11) is 0. The number of piperazine rings is 1. The third-order valence-electron chi connectivity index (χ3n) is 4.46. The molecule has 1 atom stereocenters. The Balaban J connectivity index is 1.29. The minimum absolute atomic E-state index is 0.143. The van der Waals surface area contributed by atoms with Crippen LogP contribution in [0.25, 0.3) is 10.7 Å². The molecule has 0 radical (unpaired) electrons. The summed E-state index contributed by atoms with van der Waals surface area (Å²) in [4.78, 5) is 22.0. The lowest BCUT2D eigenvalue weighted by Gasteiger charge is -2.35. The van der Waals surface area contributed by atoms with Crippen LogP contribution < -0.4 is 0 Å². The van der Waals surface area contributed by atoms with Gasteiger partial charge in [-0.25, -0.2) is 0 Å². The van der Waals surface area contributed by atoms with Gasteiger partial charge in [-0.1, -0.05) is 11.2 Å². The lowest BCUT2D eigenvalue weighted by Crippen LogP contribution is -2.51. The van der Waals surface area contributed by atoms with Gasteiger partial charge < -0.3 is 14.2 Å². The number of thiophene rings is 1. The van der Waals surface area contributed by atoms with Gasteiger partial charge in [0, 0.05) is 32.8 Å². The van der Waals surface area contributed by atoms with Crippen LogP contribution in [0.2, 0.25) is 0 Å². The second kappa shape index (κ2) is 7.00. The standard InChI is InChI=1S/C16H20N4O3S/c21-16(12-3-1-9-22-12)20-7-5-19(6-8-20)11-14-17-15(18-23-14)13-4-2-10-24-13/h2,4,10,12H,1,3,5-9,11H2/t12-/m1/s1. The van der Waals surface area contributed by atoms with Crippen molar-refractivity contribution in [1.82, 2.24) is 19.9 Å². The van der Waals surface area contributed by atoms with E-state index in [0.717, 1.165) is 43.9 Å². The fraction of sp³-hybridized carbons (Fsp3) is 0.562. The summed E-state index contributed by atoms with van der Waals surface area (Å²) in [6, 6.07) is 3.95. The zero-order chi connectivity index (χ0) is 16.4. The molecule has 0 aliphatic carbocycles. The van der Waals surface area contributed by atoms with Gasteiger partial charge in [0.1, 0.15) is 6.10 Å². The molecule has 4 heterocycles. The summed E-state index contributed by atoms with van der Waals surface area (Å²) in [5, 5.41) is 6.03. The molecule has 8 heteroatoms. The second-order valence-corrected chi connectivity index (χ2v) is 7.04. The zero-order valence-corrected chi connectivity index (χ0v) is 14.2. The Bertz CT molecular complexity index is 673. The highest BCUT2D eigenvalue weighted by Crippen LogP contribution is 2.22. The molecule has 0 saturated carbocycles. The lowest BCUT2D eigenvalue weighted by atomic mass is 10.2. The minimum atomic E-state index is -0.221. The first-order chi connectivity index (χ1) is 11.8. The number of aromatic nitrogens is 2. The van der Waals surface area contributed by atoms with Gasteiger partial charge in [-0.05, 0) is 24.3 Å². The van der Waals surface area contributed by atoms with Crippen molar-refractivity contribution < 1.29 is 14.1 Å². The number of amides is 1. The molecule has 4 rings (SSSR count). The summed E-state index contributed by atoms with van der Waals surface area (Å²) in [5.41, 5.74) is 0. The van der Waals surface area contributed by atoms with Gasteiger partial charge in [0.25, 0.3) is 5.91 Å². The molecule has 7 nitrogen and oxygen atoms in total. The van der Waals surface area contributed by atoms with E-state index < -0.39 is 0 Å². The van der Waals surface area contributed by atoms with Gasteiger partial charge in [0.05, 0.1) is 11.4 Å². The summed E-state index contributed by atoms with van der Waals surface area (Å²) in [5.74, 6) is 1.41. The maximum atomic E-state index is 12.3. The van der Waals surface area contributed by atoms with E-state index in [9.17, 15) is 4.79 Å². The van der Waals surface area contributed by atoms with E-state index in [1.54, 1.807) is 11.3 Å². The first kappa shape index (κ1) is 15.7. The van der Waals surface area contributed by atoms with E-state index in [-0.39, 0.29) is 12.0 Å². The number of hydrogen-bond acceptors (Lipinski definition) is 7. The molecule has 0 unspecified atom stereocenters. The van der Waals surface area contributed by atoms with Crippen LogP contribution in [0.3, 0.4) is 0 Å². The second-order valence-electron chi connectivity index (χ2n) is 6.09. The Morgan fingerprint density at radius 2 is 2.21 bits per heavy atom. The van der Waals surface area contributed by atoms with Crippen molar-refractivity contribution in [1.29, 1.82) is 0 Å². The summed E-state index contributed by atoms with van der Waals surface area (Å²) in [6.45, 7) is 4.42. The van der Waals surface area contributed by atoms with Gasteiger partial charge in [-0.2, -0.15) is 4.98 Å². The molecular formula is C16H20N4O3S. The molecule has 2 saturated heterocycles. The number of carbonyl (C=O) groups excluding carboxylic acids is 1. The maximum Gasteiger partial charge on any atom is 0.251 e. The van der Waals surface area contributed by atoms with Crippen molar-refractivity contribution in [2.24, 2.45) is 0 Å². The Labute approximate surface area is 144 Å². The average molecular weight is 348 g/mol. The Hall–Kier alpha value is -1.77. The highest BCUT2D eigenvalue weighted by Gasteiger charge is 2.30. The third kappa shape index (κ3) is 3.35. The van der Waals surface area contributed by atoms with Crippen LogP contribution in [0.4, 0.5) is 0 Å². The van der Waals surface area contributed by atoms with Crippen LogP contribution in [0.15, 0.2) is 22.0 Å². The number of ether oxygens (including phenoxy) is 1. The fourth-order valence-corrected chi connectivity index (χ4v) is 3.77. The van der Waals surface area contributed by atoms with Gasteiger partial charge in [-0.15, -0.1) is 11.3 Å². The van der Waals surface area contributed by atoms with Crippen LogP contribution in [0.1, 0.15) is 18.7 Å². The van der Waals surface area contributed by atoms with Gasteiger partial charge in [-0.3, -0.25) is 9.69 Å². The normalized spacial score (nSPS) is 22.2. The molecule has 128 valence electrons. The Morgan fingerprint density at radius 1 is 1.33 bits per heavy atom. The maximum absolute atomic E-state index is 12.3. The molecule has 0 N–H and O–H groups in total. The van der Waals surface area contributed by atoms with Crippen molar-refractivity contribution >= 4 is 17.2 Å². The van der Waals surface area contributed by atoms with E-state index >= 15 is 0 Å². The van der Waals surface area contributed by atoms with E-state index in [4.69, 9.17) is 9.26 Å². The molecule has 0 aromatic carbocycles. The van der Waals surface area contributed by atoms with Crippen LogP contribution in [0, 0.1) is 0 Å². The van der Waals surface area contributed by atoms with Gasteiger partial charge in [0.15, 0.2) is 0 Å². The molecule has 2 aromatic rings. The van der Waals surface area contributed by atoms with Crippen molar-refractivity contribution in [3.8, 4) is 10.7 Å². The molecule has 0 bridgehead atoms. The van der Waals surface area contributed by atoms with Crippen molar-refractivity contribution in [3.05, 3.63) is 23.4 Å². The van der Waals surface area contributed by atoms with Crippen molar-refractivity contribution in [2.45, 2.75) is 25.5 Å². The lowest BCUT2D eigenvalue weighted by molar-refractivity contribution is -0.142. The molecule has 2 fully saturated rings. The van der Waals surface area contributed by atoms with Gasteiger partial charge >= 0.3 is 0 Å². The Morgan fingerprint density at radius 3 is 2.92 bits per heavy atom. The molecule has 24 heavy (non-hydrogen) atoms. The molecule has 2 aliphatic heterocycles. The highest BCUT2D eigenvalue weighted by atomic mass is 32.1. The van der Waals surface area contributed by atoms with Crippen LogP contribution in [-0.2, 0) is 16.1 Å². The van der Waals surface area contributed by atoms with Crippen molar-refractivity contribution in [2.75, 3.05) is 32.8 Å². The van der Waals surface area contributed by atoms with E-state index in [1.807, 2.05) is 22.4 Å². The molecule has 0 spiro atoms. The largest absolute Gasteiger partial charge is 0.368 e. The predicted molar refractivity (Wildman–Crippen MR) is 88.4 cm³/mol. The van der Waals surface area contributed by atoms with Crippen molar-refractivity contribution in [3.63, 3.8) is 0 Å². The Kier molecular flexibility index (Phi) is 4.59. The topological polar surface area (TPSA) is 71.7 Å². The third-order valence-corrected chi connectivity index (χ3v) is 5.32. The quantitative estimate of drug-likeness (QED) is 0.836. The number of rotatable bonds is 4.